The lowest BCUT2D eigenvalue weighted by atomic mass is 9.82. The molecule has 2 unspecified atom stereocenters. The van der Waals surface area contributed by atoms with E-state index in [2.05, 4.69) is 98.8 Å². The molecular weight excluding hydrogens is 352 g/mol. The van der Waals surface area contributed by atoms with E-state index in [9.17, 15) is 0 Å². The van der Waals surface area contributed by atoms with Crippen LogP contribution >= 0.6 is 0 Å². The Kier molecular flexibility index (Phi) is 3.49. The van der Waals surface area contributed by atoms with Gasteiger partial charge in [0.05, 0.1) is 0 Å². The highest BCUT2D eigenvalue weighted by Crippen LogP contribution is 2.55. The number of fused-ring (bicyclic) bond motifs is 8. The van der Waals surface area contributed by atoms with Crippen LogP contribution in [-0.4, -0.2) is 6.10 Å². The van der Waals surface area contributed by atoms with Crippen molar-refractivity contribution in [3.8, 4) is 16.9 Å². The first kappa shape index (κ1) is 16.6. The van der Waals surface area contributed by atoms with Crippen molar-refractivity contribution in [3.63, 3.8) is 0 Å². The first-order valence-electron chi connectivity index (χ1n) is 10.4. The molecule has 1 heteroatoms. The fourth-order valence-corrected chi connectivity index (χ4v) is 5.19. The van der Waals surface area contributed by atoms with Crippen LogP contribution in [0.15, 0.2) is 84.9 Å². The van der Waals surface area contributed by atoms with E-state index in [1.807, 2.05) is 0 Å². The van der Waals surface area contributed by atoms with Gasteiger partial charge in [-0.15, -0.1) is 0 Å². The average molecular weight is 374 g/mol. The molecule has 0 fully saturated rings. The molecule has 1 aliphatic carbocycles. The molecule has 1 nitrogen and oxygen atoms in total. The van der Waals surface area contributed by atoms with Crippen molar-refractivity contribution in [1.29, 1.82) is 0 Å². The number of hydrogen-bond donors (Lipinski definition) is 0. The molecule has 1 heterocycles. The van der Waals surface area contributed by atoms with Crippen LogP contribution in [0.25, 0.3) is 27.5 Å². The van der Waals surface area contributed by atoms with Gasteiger partial charge >= 0.3 is 0 Å². The number of benzene rings is 4. The molecule has 0 amide bonds. The van der Waals surface area contributed by atoms with Crippen LogP contribution < -0.4 is 4.74 Å². The van der Waals surface area contributed by atoms with E-state index in [1.165, 1.54) is 49.7 Å². The van der Waals surface area contributed by atoms with E-state index in [1.54, 1.807) is 0 Å². The maximum atomic E-state index is 6.49. The van der Waals surface area contributed by atoms with Crippen LogP contribution in [-0.2, 0) is 0 Å². The molecular formula is C28H22O. The summed E-state index contributed by atoms with van der Waals surface area (Å²) < 4.78 is 6.49. The molecule has 4 aromatic rings. The zero-order valence-corrected chi connectivity index (χ0v) is 16.6. The zero-order valence-electron chi connectivity index (χ0n) is 16.6. The standard InChI is InChI=1S/C28H22O/c1-17-16-24(19-10-4-3-5-11-19)27-25-18(2)20-12-6-7-13-21(20)26(25)22-14-8-9-15-23(22)28(27)29-17/h3-18H,1-2H3. The van der Waals surface area contributed by atoms with Crippen LogP contribution in [0.4, 0.5) is 0 Å². The van der Waals surface area contributed by atoms with E-state index in [0.29, 0.717) is 5.92 Å². The molecule has 0 N–H and O–H groups in total. The highest BCUT2D eigenvalue weighted by molar-refractivity contribution is 6.09. The summed E-state index contributed by atoms with van der Waals surface area (Å²) in [5.41, 5.74) is 9.37. The molecule has 29 heavy (non-hydrogen) atoms. The van der Waals surface area contributed by atoms with Crippen molar-refractivity contribution >= 4 is 16.3 Å². The van der Waals surface area contributed by atoms with Gasteiger partial charge in [0.15, 0.2) is 0 Å². The van der Waals surface area contributed by atoms with Crippen LogP contribution in [0.2, 0.25) is 0 Å². The molecule has 2 atom stereocenters. The number of ether oxygens (including phenoxy) is 1. The van der Waals surface area contributed by atoms with Crippen molar-refractivity contribution in [2.45, 2.75) is 25.9 Å². The molecule has 0 bridgehead atoms. The minimum absolute atomic E-state index is 0.0400. The smallest absolute Gasteiger partial charge is 0.136 e. The molecule has 4 aromatic carbocycles. The van der Waals surface area contributed by atoms with E-state index in [0.717, 1.165) is 5.75 Å². The fraction of sp³-hybridized carbons (Fsp3) is 0.143. The Morgan fingerprint density at radius 3 is 2.21 bits per heavy atom. The summed E-state index contributed by atoms with van der Waals surface area (Å²) in [6.45, 7) is 4.46. The van der Waals surface area contributed by atoms with Gasteiger partial charge in [-0.1, -0.05) is 85.8 Å². The lowest BCUT2D eigenvalue weighted by Gasteiger charge is -2.29. The lowest BCUT2D eigenvalue weighted by Crippen LogP contribution is -2.17. The Hall–Kier alpha value is -3.32. The zero-order chi connectivity index (χ0) is 19.5. The van der Waals surface area contributed by atoms with Gasteiger partial charge in [0.1, 0.15) is 11.9 Å². The molecule has 0 radical (unpaired) electrons. The topological polar surface area (TPSA) is 9.23 Å². The van der Waals surface area contributed by atoms with Crippen molar-refractivity contribution in [3.05, 3.63) is 107 Å². The van der Waals surface area contributed by atoms with Gasteiger partial charge in [0, 0.05) is 16.9 Å². The van der Waals surface area contributed by atoms with Gasteiger partial charge < -0.3 is 4.74 Å². The SMILES string of the molecule is CC1C=C(c2ccccc2)c2c3c(c4ccccc4c2O1)-c1ccccc1C3C. The van der Waals surface area contributed by atoms with Gasteiger partial charge in [-0.25, -0.2) is 0 Å². The average Bonchev–Trinajstić information content (AvgIpc) is 3.07. The summed E-state index contributed by atoms with van der Waals surface area (Å²) >= 11 is 0. The first-order chi connectivity index (χ1) is 14.2. The Morgan fingerprint density at radius 1 is 0.690 bits per heavy atom. The predicted octanol–water partition coefficient (Wildman–Crippen LogP) is 7.18. The maximum Gasteiger partial charge on any atom is 0.136 e. The van der Waals surface area contributed by atoms with Gasteiger partial charge in [-0.2, -0.15) is 0 Å². The first-order valence-corrected chi connectivity index (χ1v) is 10.4. The Balaban J connectivity index is 1.79. The molecule has 0 aromatic heterocycles. The quantitative estimate of drug-likeness (QED) is 0.343. The second kappa shape index (κ2) is 6.09. The van der Waals surface area contributed by atoms with Crippen LogP contribution in [0.3, 0.4) is 0 Å². The molecule has 0 saturated heterocycles. The fourth-order valence-electron chi connectivity index (χ4n) is 5.19. The van der Waals surface area contributed by atoms with Gasteiger partial charge in [0.2, 0.25) is 0 Å². The van der Waals surface area contributed by atoms with Crippen molar-refractivity contribution in [2.75, 3.05) is 0 Å². The molecule has 1 aliphatic heterocycles. The van der Waals surface area contributed by atoms with E-state index < -0.39 is 0 Å². The maximum absolute atomic E-state index is 6.49. The normalized spacial score (nSPS) is 19.2. The van der Waals surface area contributed by atoms with Crippen molar-refractivity contribution in [2.24, 2.45) is 0 Å². The monoisotopic (exact) mass is 374 g/mol. The summed E-state index contributed by atoms with van der Waals surface area (Å²) in [5.74, 6) is 1.37. The highest BCUT2D eigenvalue weighted by Gasteiger charge is 2.35. The minimum Gasteiger partial charge on any atom is -0.485 e. The summed E-state index contributed by atoms with van der Waals surface area (Å²) in [4.78, 5) is 0. The van der Waals surface area contributed by atoms with Gasteiger partial charge in [0.25, 0.3) is 0 Å². The lowest BCUT2D eigenvalue weighted by molar-refractivity contribution is 0.268. The third-order valence-electron chi connectivity index (χ3n) is 6.40. The summed E-state index contributed by atoms with van der Waals surface area (Å²) in [6, 6.07) is 28.3. The van der Waals surface area contributed by atoms with Crippen LogP contribution in [0.5, 0.6) is 5.75 Å². The van der Waals surface area contributed by atoms with Gasteiger partial charge in [-0.3, -0.25) is 0 Å². The van der Waals surface area contributed by atoms with E-state index in [4.69, 9.17) is 4.74 Å². The number of rotatable bonds is 1. The Morgan fingerprint density at radius 2 is 1.38 bits per heavy atom. The Labute approximate surface area is 171 Å². The summed E-state index contributed by atoms with van der Waals surface area (Å²) in [6.07, 6.45) is 2.32. The predicted molar refractivity (Wildman–Crippen MR) is 121 cm³/mol. The molecule has 140 valence electrons. The summed E-state index contributed by atoms with van der Waals surface area (Å²) in [5, 5.41) is 2.50. The molecule has 0 spiro atoms. The van der Waals surface area contributed by atoms with Crippen LogP contribution in [0, 0.1) is 0 Å². The van der Waals surface area contributed by atoms with Crippen molar-refractivity contribution in [1.82, 2.24) is 0 Å². The second-order valence-electron chi connectivity index (χ2n) is 8.12. The summed E-state index contributed by atoms with van der Waals surface area (Å²) in [7, 11) is 0. The minimum atomic E-state index is 0.0400. The van der Waals surface area contributed by atoms with Crippen molar-refractivity contribution < 1.29 is 4.74 Å². The third-order valence-corrected chi connectivity index (χ3v) is 6.40. The van der Waals surface area contributed by atoms with Crippen LogP contribution in [0.1, 0.15) is 42.0 Å². The number of hydrogen-bond acceptors (Lipinski definition) is 1. The van der Waals surface area contributed by atoms with E-state index in [-0.39, 0.29) is 6.10 Å². The molecule has 6 rings (SSSR count). The second-order valence-corrected chi connectivity index (χ2v) is 8.12. The van der Waals surface area contributed by atoms with Gasteiger partial charge in [-0.05, 0) is 51.8 Å². The highest BCUT2D eigenvalue weighted by atomic mass is 16.5. The molecule has 0 saturated carbocycles. The molecule has 2 aliphatic rings. The Bertz CT molecular complexity index is 1300. The van der Waals surface area contributed by atoms with E-state index >= 15 is 0 Å². The third kappa shape index (κ3) is 2.28. The largest absolute Gasteiger partial charge is 0.485 e.